The van der Waals surface area contributed by atoms with Crippen molar-refractivity contribution in [2.75, 3.05) is 6.61 Å². The van der Waals surface area contributed by atoms with Crippen LogP contribution in [0.2, 0.25) is 5.15 Å². The second-order valence-corrected chi connectivity index (χ2v) is 5.96. The summed E-state index contributed by atoms with van der Waals surface area (Å²) in [5.41, 5.74) is 2.60. The second-order valence-electron chi connectivity index (χ2n) is 5.60. The number of rotatable bonds is 8. The van der Waals surface area contributed by atoms with Gasteiger partial charge >= 0.3 is 5.97 Å². The summed E-state index contributed by atoms with van der Waals surface area (Å²) in [5, 5.41) is 0.357. The average molecular weight is 347 g/mol. The molecule has 2 aromatic rings. The van der Waals surface area contributed by atoms with Crippen LogP contribution in [0.5, 0.6) is 0 Å². The monoisotopic (exact) mass is 346 g/mol. The quantitative estimate of drug-likeness (QED) is 0.531. The molecule has 0 unspecified atom stereocenters. The van der Waals surface area contributed by atoms with Crippen molar-refractivity contribution in [3.05, 3.63) is 58.1 Å². The molecule has 128 valence electrons. The number of hydrogen-bond donors (Lipinski definition) is 0. The smallest absolute Gasteiger partial charge is 0.310 e. The van der Waals surface area contributed by atoms with E-state index < -0.39 is 0 Å². The van der Waals surface area contributed by atoms with Crippen molar-refractivity contribution in [3.8, 4) is 0 Å². The molecule has 0 N–H and O–H groups in total. The molecule has 4 nitrogen and oxygen atoms in total. The van der Waals surface area contributed by atoms with Crippen molar-refractivity contribution < 1.29 is 9.53 Å². The summed E-state index contributed by atoms with van der Waals surface area (Å²) in [6.07, 6.45) is 3.59. The van der Waals surface area contributed by atoms with Crippen LogP contribution in [-0.4, -0.2) is 22.5 Å². The normalized spacial score (nSPS) is 10.6. The van der Waals surface area contributed by atoms with Crippen LogP contribution in [-0.2, 0) is 28.8 Å². The van der Waals surface area contributed by atoms with Crippen molar-refractivity contribution in [3.63, 3.8) is 0 Å². The van der Waals surface area contributed by atoms with Gasteiger partial charge < -0.3 is 4.74 Å². The van der Waals surface area contributed by atoms with Gasteiger partial charge in [-0.3, -0.25) is 4.79 Å². The maximum atomic E-state index is 11.9. The molecule has 0 atom stereocenters. The summed E-state index contributed by atoms with van der Waals surface area (Å²) in [6, 6.07) is 10.0. The summed E-state index contributed by atoms with van der Waals surface area (Å²) in [5.74, 6) is 0.430. The van der Waals surface area contributed by atoms with Crippen molar-refractivity contribution in [2.45, 2.75) is 46.0 Å². The maximum absolute atomic E-state index is 11.9. The SMILES string of the molecule is CCCCc1nc(Cl)c(CC(=O)OCC)c(Cc2ccccc2)n1. The van der Waals surface area contributed by atoms with Gasteiger partial charge in [0.25, 0.3) is 0 Å². The first-order valence-electron chi connectivity index (χ1n) is 8.37. The number of halogens is 1. The van der Waals surface area contributed by atoms with E-state index in [0.29, 0.717) is 23.7 Å². The Morgan fingerprint density at radius 3 is 2.58 bits per heavy atom. The molecule has 1 aromatic carbocycles. The van der Waals surface area contributed by atoms with Crippen LogP contribution in [0.15, 0.2) is 30.3 Å². The number of carbonyl (C=O) groups is 1. The fourth-order valence-electron chi connectivity index (χ4n) is 2.46. The van der Waals surface area contributed by atoms with Gasteiger partial charge in [-0.15, -0.1) is 0 Å². The molecule has 0 aliphatic rings. The van der Waals surface area contributed by atoms with Gasteiger partial charge in [-0.05, 0) is 18.9 Å². The topological polar surface area (TPSA) is 52.1 Å². The maximum Gasteiger partial charge on any atom is 0.310 e. The molecule has 0 amide bonds. The molecule has 0 radical (unpaired) electrons. The summed E-state index contributed by atoms with van der Waals surface area (Å²) < 4.78 is 5.05. The Hall–Kier alpha value is -1.94. The molecule has 0 aliphatic carbocycles. The highest BCUT2D eigenvalue weighted by Crippen LogP contribution is 2.21. The minimum absolute atomic E-state index is 0.100. The predicted molar refractivity (Wildman–Crippen MR) is 95.2 cm³/mol. The molecule has 1 heterocycles. The van der Waals surface area contributed by atoms with E-state index in [9.17, 15) is 4.79 Å². The van der Waals surface area contributed by atoms with Gasteiger partial charge in [0.1, 0.15) is 11.0 Å². The van der Waals surface area contributed by atoms with Crippen molar-refractivity contribution in [2.24, 2.45) is 0 Å². The lowest BCUT2D eigenvalue weighted by Crippen LogP contribution is -2.13. The number of aryl methyl sites for hydroxylation is 1. The van der Waals surface area contributed by atoms with E-state index in [-0.39, 0.29) is 12.4 Å². The zero-order valence-electron chi connectivity index (χ0n) is 14.2. The van der Waals surface area contributed by atoms with Gasteiger partial charge in [-0.25, -0.2) is 9.97 Å². The highest BCUT2D eigenvalue weighted by atomic mass is 35.5. The molecule has 1 aromatic heterocycles. The van der Waals surface area contributed by atoms with Gasteiger partial charge in [-0.2, -0.15) is 0 Å². The first-order valence-corrected chi connectivity index (χ1v) is 8.75. The second kappa shape index (κ2) is 9.38. The lowest BCUT2D eigenvalue weighted by atomic mass is 10.0. The van der Waals surface area contributed by atoms with Gasteiger partial charge in [0.2, 0.25) is 0 Å². The summed E-state index contributed by atoms with van der Waals surface area (Å²) in [6.45, 7) is 4.26. The van der Waals surface area contributed by atoms with E-state index in [1.807, 2.05) is 30.3 Å². The van der Waals surface area contributed by atoms with Crippen molar-refractivity contribution in [1.82, 2.24) is 9.97 Å². The molecular weight excluding hydrogens is 324 g/mol. The third-order valence-electron chi connectivity index (χ3n) is 3.68. The number of esters is 1. The molecular formula is C19H23ClN2O2. The third-order valence-corrected chi connectivity index (χ3v) is 4.00. The van der Waals surface area contributed by atoms with Gasteiger partial charge in [-0.1, -0.05) is 55.3 Å². The van der Waals surface area contributed by atoms with Gasteiger partial charge in [0, 0.05) is 18.4 Å². The highest BCUT2D eigenvalue weighted by Gasteiger charge is 2.17. The number of benzene rings is 1. The zero-order chi connectivity index (χ0) is 17.4. The van der Waals surface area contributed by atoms with Crippen LogP contribution in [0.25, 0.3) is 0 Å². The van der Waals surface area contributed by atoms with Crippen molar-refractivity contribution >= 4 is 17.6 Å². The van der Waals surface area contributed by atoms with E-state index in [1.54, 1.807) is 6.92 Å². The number of ether oxygens (including phenoxy) is 1. The minimum Gasteiger partial charge on any atom is -0.466 e. The Labute approximate surface area is 148 Å². The molecule has 0 fully saturated rings. The van der Waals surface area contributed by atoms with Crippen LogP contribution in [0.1, 0.15) is 49.3 Å². The predicted octanol–water partition coefficient (Wildman–Crippen LogP) is 4.17. The summed E-state index contributed by atoms with van der Waals surface area (Å²) in [4.78, 5) is 20.9. The number of nitrogens with zero attached hydrogens (tertiary/aromatic N) is 2. The number of aromatic nitrogens is 2. The Morgan fingerprint density at radius 1 is 1.17 bits per heavy atom. The Balaban J connectivity index is 2.33. The fraction of sp³-hybridized carbons (Fsp3) is 0.421. The molecule has 0 spiro atoms. The molecule has 2 rings (SSSR count). The number of unbranched alkanes of at least 4 members (excludes halogenated alkanes) is 1. The highest BCUT2D eigenvalue weighted by molar-refractivity contribution is 6.30. The number of carbonyl (C=O) groups excluding carboxylic acids is 1. The van der Waals surface area contributed by atoms with Gasteiger partial charge in [0.15, 0.2) is 0 Å². The van der Waals surface area contributed by atoms with Crippen molar-refractivity contribution in [1.29, 1.82) is 0 Å². The van der Waals surface area contributed by atoms with Crippen LogP contribution >= 0.6 is 11.6 Å². The molecule has 0 bridgehead atoms. The van der Waals surface area contributed by atoms with E-state index >= 15 is 0 Å². The molecule has 24 heavy (non-hydrogen) atoms. The number of hydrogen-bond acceptors (Lipinski definition) is 4. The first kappa shape index (κ1) is 18.4. The summed E-state index contributed by atoms with van der Waals surface area (Å²) >= 11 is 6.37. The van der Waals surface area contributed by atoms with Crippen LogP contribution in [0.3, 0.4) is 0 Å². The molecule has 0 aliphatic heterocycles. The Kier molecular flexibility index (Phi) is 7.19. The Morgan fingerprint density at radius 2 is 1.92 bits per heavy atom. The van der Waals surface area contributed by atoms with E-state index in [0.717, 1.165) is 36.3 Å². The van der Waals surface area contributed by atoms with Crippen LogP contribution < -0.4 is 0 Å². The zero-order valence-corrected chi connectivity index (χ0v) is 15.0. The third kappa shape index (κ3) is 5.31. The minimum atomic E-state index is -0.307. The molecule has 0 saturated heterocycles. The summed E-state index contributed by atoms with van der Waals surface area (Å²) in [7, 11) is 0. The van der Waals surface area contributed by atoms with E-state index in [1.165, 1.54) is 0 Å². The largest absolute Gasteiger partial charge is 0.466 e. The van der Waals surface area contributed by atoms with Crippen LogP contribution in [0, 0.1) is 0 Å². The average Bonchev–Trinajstić information content (AvgIpc) is 2.57. The lowest BCUT2D eigenvalue weighted by molar-refractivity contribution is -0.142. The van der Waals surface area contributed by atoms with E-state index in [2.05, 4.69) is 16.9 Å². The lowest BCUT2D eigenvalue weighted by Gasteiger charge is -2.12. The molecule has 5 heteroatoms. The molecule has 0 saturated carbocycles. The van der Waals surface area contributed by atoms with Crippen LogP contribution in [0.4, 0.5) is 0 Å². The van der Waals surface area contributed by atoms with E-state index in [4.69, 9.17) is 16.3 Å². The Bertz CT molecular complexity index is 675. The van der Waals surface area contributed by atoms with Gasteiger partial charge in [0.05, 0.1) is 18.7 Å². The fourth-order valence-corrected chi connectivity index (χ4v) is 2.74. The first-order chi connectivity index (χ1) is 11.6. The standard InChI is InChI=1S/C19H23ClN2O2/c1-3-5-11-17-21-16(12-14-9-7-6-8-10-14)15(19(20)22-17)13-18(23)24-4-2/h6-10H,3-5,11-13H2,1-2H3.